The second kappa shape index (κ2) is 12.1. The molecule has 4 aliphatic rings. The highest BCUT2D eigenvalue weighted by Crippen LogP contribution is 2.47. The van der Waals surface area contributed by atoms with Crippen molar-refractivity contribution >= 4 is 11.9 Å². The van der Waals surface area contributed by atoms with Crippen LogP contribution in [0.4, 0.5) is 4.39 Å². The molecular formula is C30H38FN3O5. The highest BCUT2D eigenvalue weighted by molar-refractivity contribution is 5.87. The van der Waals surface area contributed by atoms with Gasteiger partial charge in [0, 0.05) is 43.4 Å². The fraction of sp³-hybridized carbons (Fsp3) is 0.567. The van der Waals surface area contributed by atoms with Crippen LogP contribution in [0.1, 0.15) is 61.8 Å². The van der Waals surface area contributed by atoms with Crippen LogP contribution in [0.2, 0.25) is 0 Å². The van der Waals surface area contributed by atoms with Gasteiger partial charge < -0.3 is 25.2 Å². The Labute approximate surface area is 228 Å². The monoisotopic (exact) mass is 539 g/mol. The number of carbonyl (C=O) groups excluding carboxylic acids is 1. The van der Waals surface area contributed by atoms with Crippen molar-refractivity contribution < 1.29 is 28.6 Å². The molecule has 1 amide bonds. The maximum Gasteiger partial charge on any atom is 0.326 e. The molecule has 0 bridgehead atoms. The molecule has 3 aliphatic heterocycles. The minimum Gasteiger partial charge on any atom is -0.480 e. The Morgan fingerprint density at radius 3 is 2.44 bits per heavy atom. The quantitative estimate of drug-likeness (QED) is 0.517. The molecule has 1 aliphatic carbocycles. The summed E-state index contributed by atoms with van der Waals surface area (Å²) < 4.78 is 25.5. The molecule has 1 spiro atoms. The van der Waals surface area contributed by atoms with Crippen molar-refractivity contribution in [3.8, 4) is 0 Å². The molecule has 2 atom stereocenters. The molecule has 3 saturated heterocycles. The third kappa shape index (κ3) is 6.65. The van der Waals surface area contributed by atoms with E-state index in [2.05, 4.69) is 39.9 Å². The number of benzene rings is 1. The number of halogens is 1. The summed E-state index contributed by atoms with van der Waals surface area (Å²) in [7, 11) is 0. The van der Waals surface area contributed by atoms with Gasteiger partial charge >= 0.3 is 5.97 Å². The number of aromatic nitrogens is 1. The van der Waals surface area contributed by atoms with E-state index in [1.807, 2.05) is 6.07 Å². The van der Waals surface area contributed by atoms with Crippen LogP contribution in [-0.4, -0.2) is 66.0 Å². The number of carboxylic acid groups (broad SMARTS) is 1. The van der Waals surface area contributed by atoms with E-state index in [1.165, 1.54) is 17.3 Å². The molecule has 0 radical (unpaired) electrons. The zero-order chi connectivity index (χ0) is 27.3. The number of nitrogens with one attached hydrogen (secondary N) is 2. The second-order valence-electron chi connectivity index (χ2n) is 11.3. The minimum absolute atomic E-state index is 0.0816. The van der Waals surface area contributed by atoms with Gasteiger partial charge in [-0.15, -0.1) is 0 Å². The maximum atomic E-state index is 13.6. The van der Waals surface area contributed by atoms with Gasteiger partial charge in [-0.3, -0.25) is 9.78 Å². The van der Waals surface area contributed by atoms with Gasteiger partial charge in [0.05, 0.1) is 11.8 Å². The molecule has 210 valence electrons. The topological polar surface area (TPSA) is 110 Å². The number of ether oxygens (including phenoxy) is 2. The Balaban J connectivity index is 0.000000292. The van der Waals surface area contributed by atoms with E-state index in [9.17, 15) is 14.0 Å². The average molecular weight is 540 g/mol. The third-order valence-corrected chi connectivity index (χ3v) is 8.71. The van der Waals surface area contributed by atoms with Gasteiger partial charge in [-0.25, -0.2) is 9.18 Å². The van der Waals surface area contributed by atoms with Crippen LogP contribution < -0.4 is 10.6 Å². The first kappa shape index (κ1) is 27.7. The van der Waals surface area contributed by atoms with E-state index in [-0.39, 0.29) is 22.7 Å². The number of pyridine rings is 1. The van der Waals surface area contributed by atoms with Crippen molar-refractivity contribution in [2.24, 2.45) is 0 Å². The summed E-state index contributed by atoms with van der Waals surface area (Å²) >= 11 is 0. The fourth-order valence-corrected chi connectivity index (χ4v) is 6.55. The lowest BCUT2D eigenvalue weighted by molar-refractivity contribution is -0.154. The number of nitrogens with zero attached hydrogens (tertiary/aromatic N) is 1. The number of fused-ring (bicyclic) bond motifs is 1. The molecule has 6 rings (SSSR count). The van der Waals surface area contributed by atoms with Crippen molar-refractivity contribution in [3.05, 3.63) is 65.2 Å². The zero-order valence-corrected chi connectivity index (χ0v) is 22.3. The molecule has 3 N–H and O–H groups in total. The van der Waals surface area contributed by atoms with E-state index in [0.717, 1.165) is 77.0 Å². The van der Waals surface area contributed by atoms with Gasteiger partial charge in [0.25, 0.3) is 0 Å². The molecule has 1 aromatic carbocycles. The number of hydrogen-bond acceptors (Lipinski definition) is 6. The zero-order valence-electron chi connectivity index (χ0n) is 22.3. The lowest BCUT2D eigenvalue weighted by Crippen LogP contribution is -2.51. The van der Waals surface area contributed by atoms with E-state index >= 15 is 0 Å². The van der Waals surface area contributed by atoms with E-state index in [1.54, 1.807) is 6.07 Å². The van der Waals surface area contributed by atoms with E-state index < -0.39 is 12.0 Å². The summed E-state index contributed by atoms with van der Waals surface area (Å²) in [4.78, 5) is 25.1. The van der Waals surface area contributed by atoms with Crippen LogP contribution in [-0.2, 0) is 37.3 Å². The lowest BCUT2D eigenvalue weighted by Gasteiger charge is -2.49. The van der Waals surface area contributed by atoms with Gasteiger partial charge in [0.15, 0.2) is 0 Å². The molecule has 9 heteroatoms. The Morgan fingerprint density at radius 2 is 1.85 bits per heavy atom. The molecule has 3 fully saturated rings. The molecule has 39 heavy (non-hydrogen) atoms. The maximum absolute atomic E-state index is 13.6. The predicted molar refractivity (Wildman–Crippen MR) is 143 cm³/mol. The Kier molecular flexibility index (Phi) is 8.59. The number of rotatable bonds is 6. The van der Waals surface area contributed by atoms with Crippen molar-refractivity contribution in [1.29, 1.82) is 0 Å². The Hall–Kier alpha value is -2.88. The first-order chi connectivity index (χ1) is 18.9. The number of amides is 1. The number of hydrogen-bond donors (Lipinski definition) is 3. The summed E-state index contributed by atoms with van der Waals surface area (Å²) in [6.07, 6.45) is 9.06. The van der Waals surface area contributed by atoms with Gasteiger partial charge in [0.1, 0.15) is 11.9 Å². The van der Waals surface area contributed by atoms with Crippen LogP contribution in [0, 0.1) is 5.82 Å². The summed E-state index contributed by atoms with van der Waals surface area (Å²) in [6, 6.07) is 12.0. The lowest BCUT2D eigenvalue weighted by atomic mass is 9.66. The minimum atomic E-state index is -0.944. The first-order valence-corrected chi connectivity index (χ1v) is 14.0. The van der Waals surface area contributed by atoms with Crippen LogP contribution in [0.3, 0.4) is 0 Å². The molecule has 8 nitrogen and oxygen atoms in total. The van der Waals surface area contributed by atoms with Crippen molar-refractivity contribution in [1.82, 2.24) is 15.6 Å². The summed E-state index contributed by atoms with van der Waals surface area (Å²) in [5.41, 5.74) is 3.74. The van der Waals surface area contributed by atoms with Crippen LogP contribution in [0.25, 0.3) is 0 Å². The third-order valence-electron chi connectivity index (χ3n) is 8.71. The number of carbonyl (C=O) groups is 2. The van der Waals surface area contributed by atoms with Crippen molar-refractivity contribution in [3.63, 3.8) is 0 Å². The SMILES string of the molecule is Fc1ccc([C@]2(CCNC3Cc4ccccc4C3)CCOC3(CCOCC3)C2)nc1.O=C1CC[C@@H](C(=O)O)N1. The second-order valence-corrected chi connectivity index (χ2v) is 11.3. The molecule has 1 aromatic heterocycles. The highest BCUT2D eigenvalue weighted by Gasteiger charge is 2.48. The van der Waals surface area contributed by atoms with Gasteiger partial charge in [-0.2, -0.15) is 0 Å². The summed E-state index contributed by atoms with van der Waals surface area (Å²) in [6.45, 7) is 3.18. The Bertz CT molecular complexity index is 1120. The number of carboxylic acids is 1. The van der Waals surface area contributed by atoms with Gasteiger partial charge in [-0.1, -0.05) is 24.3 Å². The normalized spacial score (nSPS) is 26.0. The summed E-state index contributed by atoms with van der Waals surface area (Å²) in [5, 5.41) is 14.4. The average Bonchev–Trinajstić information content (AvgIpc) is 3.56. The standard InChI is InChI=1S/C25H31FN2O2.C5H7NO3/c26-21-5-6-23(28-17-21)24(8-14-30-25(18-24)9-12-29-13-10-25)7-11-27-22-15-19-3-1-2-4-20(19)16-22;7-4-2-1-3(6-4)5(8)9/h1-6,17,22,27H,7-16,18H2;3H,1-2H2,(H,6,7)(H,8,9)/t24-;3-/m10/s1. The van der Waals surface area contributed by atoms with Gasteiger partial charge in [0.2, 0.25) is 5.91 Å². The van der Waals surface area contributed by atoms with E-state index in [4.69, 9.17) is 14.6 Å². The molecule has 2 aromatic rings. The van der Waals surface area contributed by atoms with E-state index in [0.29, 0.717) is 18.9 Å². The highest BCUT2D eigenvalue weighted by atomic mass is 19.1. The Morgan fingerprint density at radius 1 is 1.10 bits per heavy atom. The number of aliphatic carboxylic acids is 1. The van der Waals surface area contributed by atoms with Crippen LogP contribution in [0.15, 0.2) is 42.6 Å². The molecule has 0 unspecified atom stereocenters. The largest absolute Gasteiger partial charge is 0.480 e. The smallest absolute Gasteiger partial charge is 0.326 e. The van der Waals surface area contributed by atoms with Gasteiger partial charge in [-0.05, 0) is 81.2 Å². The van der Waals surface area contributed by atoms with Crippen LogP contribution in [0.5, 0.6) is 0 Å². The molecular weight excluding hydrogens is 501 g/mol. The predicted octanol–water partition coefficient (Wildman–Crippen LogP) is 3.31. The first-order valence-electron chi connectivity index (χ1n) is 14.0. The van der Waals surface area contributed by atoms with Crippen LogP contribution >= 0.6 is 0 Å². The molecule has 0 saturated carbocycles. The fourth-order valence-electron chi connectivity index (χ4n) is 6.55. The van der Waals surface area contributed by atoms with Crippen molar-refractivity contribution in [2.75, 3.05) is 26.4 Å². The molecule has 4 heterocycles. The summed E-state index contributed by atoms with van der Waals surface area (Å²) in [5.74, 6) is -1.38. The van der Waals surface area contributed by atoms with Crippen molar-refractivity contribution in [2.45, 2.75) is 80.9 Å².